The Balaban J connectivity index is 1.74. The van der Waals surface area contributed by atoms with Crippen LogP contribution in [0, 0.1) is 6.92 Å². The molecule has 29 heavy (non-hydrogen) atoms. The Hall–Kier alpha value is -3.13. The van der Waals surface area contributed by atoms with Crippen LogP contribution < -0.4 is 10.6 Å². The molecule has 2 aromatic heterocycles. The number of benzene rings is 1. The van der Waals surface area contributed by atoms with E-state index in [0.717, 1.165) is 30.8 Å². The van der Waals surface area contributed by atoms with Crippen molar-refractivity contribution in [1.29, 1.82) is 0 Å². The number of amides is 2. The van der Waals surface area contributed by atoms with Crippen LogP contribution in [0.4, 0.5) is 16.3 Å². The highest BCUT2D eigenvalue weighted by molar-refractivity contribution is 5.99. The highest BCUT2D eigenvalue weighted by Gasteiger charge is 2.15. The third-order valence-corrected chi connectivity index (χ3v) is 4.60. The second-order valence-electron chi connectivity index (χ2n) is 7.32. The van der Waals surface area contributed by atoms with Gasteiger partial charge in [0.1, 0.15) is 5.82 Å². The van der Waals surface area contributed by atoms with Gasteiger partial charge in [0, 0.05) is 12.6 Å². The zero-order valence-electron chi connectivity index (χ0n) is 17.5. The van der Waals surface area contributed by atoms with Gasteiger partial charge in [-0.1, -0.05) is 31.0 Å². The second-order valence-corrected chi connectivity index (χ2v) is 7.32. The van der Waals surface area contributed by atoms with Crippen molar-refractivity contribution in [3.8, 4) is 5.69 Å². The Bertz CT molecular complexity index is 940. The Morgan fingerprint density at radius 3 is 2.55 bits per heavy atom. The average molecular weight is 396 g/mol. The minimum Gasteiger partial charge on any atom is -0.308 e. The lowest BCUT2D eigenvalue weighted by Gasteiger charge is -2.13. The van der Waals surface area contributed by atoms with Crippen molar-refractivity contribution in [2.75, 3.05) is 31.3 Å². The first-order valence-corrected chi connectivity index (χ1v) is 9.86. The van der Waals surface area contributed by atoms with Gasteiger partial charge in [-0.15, -0.1) is 0 Å². The standard InChI is InChI=1S/C21H29N7O/c1-5-6-19-18(15-23-28(19)17-9-7-16(2)8-10-17)24-21(29)25-20-11-12-22-27(20)14-13-26(3)4/h7-12,15H,5-6,13-14H2,1-4H3,(H2,24,25,29). The normalized spacial score (nSPS) is 11.1. The van der Waals surface area contributed by atoms with Crippen molar-refractivity contribution in [3.63, 3.8) is 0 Å². The molecule has 0 atom stereocenters. The van der Waals surface area contributed by atoms with Crippen LogP contribution in [-0.4, -0.2) is 51.1 Å². The maximum Gasteiger partial charge on any atom is 0.324 e. The summed E-state index contributed by atoms with van der Waals surface area (Å²) in [6.45, 7) is 5.70. The molecule has 0 fully saturated rings. The summed E-state index contributed by atoms with van der Waals surface area (Å²) in [4.78, 5) is 14.7. The maximum atomic E-state index is 12.6. The lowest BCUT2D eigenvalue weighted by atomic mass is 10.2. The summed E-state index contributed by atoms with van der Waals surface area (Å²) in [5.41, 5.74) is 3.87. The first-order chi connectivity index (χ1) is 14.0. The van der Waals surface area contributed by atoms with Gasteiger partial charge >= 0.3 is 6.03 Å². The first kappa shape index (κ1) is 20.6. The molecule has 0 unspecified atom stereocenters. The molecule has 2 N–H and O–H groups in total. The fraction of sp³-hybridized carbons (Fsp3) is 0.381. The third kappa shape index (κ3) is 5.23. The van der Waals surface area contributed by atoms with E-state index < -0.39 is 0 Å². The van der Waals surface area contributed by atoms with Gasteiger partial charge < -0.3 is 10.2 Å². The molecule has 0 aliphatic heterocycles. The predicted molar refractivity (Wildman–Crippen MR) is 116 cm³/mol. The molecule has 0 radical (unpaired) electrons. The minimum absolute atomic E-state index is 0.308. The van der Waals surface area contributed by atoms with E-state index in [-0.39, 0.29) is 6.03 Å². The summed E-state index contributed by atoms with van der Waals surface area (Å²) in [5, 5.41) is 14.6. The molecular formula is C21H29N7O. The monoisotopic (exact) mass is 395 g/mol. The summed E-state index contributed by atoms with van der Waals surface area (Å²) < 4.78 is 3.67. The smallest absolute Gasteiger partial charge is 0.308 e. The second kappa shape index (κ2) is 9.38. The summed E-state index contributed by atoms with van der Waals surface area (Å²) in [6.07, 6.45) is 5.15. The quantitative estimate of drug-likeness (QED) is 0.611. The molecule has 0 bridgehead atoms. The highest BCUT2D eigenvalue weighted by atomic mass is 16.2. The molecule has 154 valence electrons. The molecule has 0 saturated carbocycles. The van der Waals surface area contributed by atoms with Crippen LogP contribution in [0.1, 0.15) is 24.6 Å². The lowest BCUT2D eigenvalue weighted by Crippen LogP contribution is -2.24. The van der Waals surface area contributed by atoms with Crippen molar-refractivity contribution < 1.29 is 4.79 Å². The SMILES string of the molecule is CCCc1c(NC(=O)Nc2ccnn2CCN(C)C)cnn1-c1ccc(C)cc1. The van der Waals surface area contributed by atoms with Gasteiger partial charge in [-0.2, -0.15) is 10.2 Å². The van der Waals surface area contributed by atoms with E-state index in [1.807, 2.05) is 30.9 Å². The first-order valence-electron chi connectivity index (χ1n) is 9.86. The Morgan fingerprint density at radius 2 is 1.86 bits per heavy atom. The number of likely N-dealkylation sites (N-methyl/N-ethyl adjacent to an activating group) is 1. The number of aromatic nitrogens is 4. The van der Waals surface area contributed by atoms with Gasteiger partial charge in [-0.3, -0.25) is 5.32 Å². The number of carbonyl (C=O) groups is 1. The van der Waals surface area contributed by atoms with Crippen LogP contribution >= 0.6 is 0 Å². The van der Waals surface area contributed by atoms with E-state index in [9.17, 15) is 4.79 Å². The van der Waals surface area contributed by atoms with E-state index in [1.54, 1.807) is 23.1 Å². The van der Waals surface area contributed by atoms with Crippen LogP contribution in [0.15, 0.2) is 42.7 Å². The molecular weight excluding hydrogens is 366 g/mol. The number of nitrogens with one attached hydrogen (secondary N) is 2. The van der Waals surface area contributed by atoms with Crippen molar-refractivity contribution in [3.05, 3.63) is 54.0 Å². The lowest BCUT2D eigenvalue weighted by molar-refractivity contribution is 0.262. The number of nitrogens with zero attached hydrogens (tertiary/aromatic N) is 5. The van der Waals surface area contributed by atoms with Crippen LogP contribution in [0.5, 0.6) is 0 Å². The molecule has 8 nitrogen and oxygen atoms in total. The summed E-state index contributed by atoms with van der Waals surface area (Å²) in [6, 6.07) is 9.67. The number of hydrogen-bond donors (Lipinski definition) is 2. The van der Waals surface area contributed by atoms with E-state index in [0.29, 0.717) is 18.1 Å². The number of aryl methyl sites for hydroxylation is 1. The maximum absolute atomic E-state index is 12.6. The molecule has 8 heteroatoms. The molecule has 0 saturated heterocycles. The van der Waals surface area contributed by atoms with Gasteiger partial charge in [0.05, 0.1) is 36.0 Å². The minimum atomic E-state index is -0.308. The fourth-order valence-electron chi connectivity index (χ4n) is 3.05. The zero-order valence-corrected chi connectivity index (χ0v) is 17.5. The predicted octanol–water partition coefficient (Wildman–Crippen LogP) is 3.54. The Labute approximate surface area is 171 Å². The van der Waals surface area contributed by atoms with Crippen LogP contribution in [0.25, 0.3) is 5.69 Å². The molecule has 1 aromatic carbocycles. The van der Waals surface area contributed by atoms with Crippen molar-refractivity contribution in [2.24, 2.45) is 0 Å². The fourth-order valence-corrected chi connectivity index (χ4v) is 3.05. The van der Waals surface area contributed by atoms with Crippen LogP contribution in [0.2, 0.25) is 0 Å². The van der Waals surface area contributed by atoms with E-state index in [1.165, 1.54) is 5.56 Å². The molecule has 3 rings (SSSR count). The zero-order chi connectivity index (χ0) is 20.8. The van der Waals surface area contributed by atoms with Gasteiger partial charge in [0.15, 0.2) is 0 Å². The highest BCUT2D eigenvalue weighted by Crippen LogP contribution is 2.22. The van der Waals surface area contributed by atoms with E-state index >= 15 is 0 Å². The number of urea groups is 1. The van der Waals surface area contributed by atoms with E-state index in [2.05, 4.69) is 51.7 Å². The average Bonchev–Trinajstić information content (AvgIpc) is 3.28. The number of hydrogen-bond acceptors (Lipinski definition) is 4. The van der Waals surface area contributed by atoms with Gasteiger partial charge in [-0.25, -0.2) is 14.2 Å². The number of rotatable bonds is 8. The van der Waals surface area contributed by atoms with Crippen LogP contribution in [0.3, 0.4) is 0 Å². The molecule has 2 amide bonds. The topological polar surface area (TPSA) is 80.0 Å². The number of carbonyl (C=O) groups excluding carboxylic acids is 1. The van der Waals surface area contributed by atoms with Gasteiger partial charge in [-0.05, 0) is 39.6 Å². The Kier molecular flexibility index (Phi) is 6.66. The van der Waals surface area contributed by atoms with Crippen LogP contribution in [-0.2, 0) is 13.0 Å². The number of anilines is 2. The molecule has 0 aliphatic carbocycles. The van der Waals surface area contributed by atoms with Gasteiger partial charge in [0.25, 0.3) is 0 Å². The largest absolute Gasteiger partial charge is 0.324 e. The van der Waals surface area contributed by atoms with Crippen molar-refractivity contribution >= 4 is 17.5 Å². The molecule has 0 aliphatic rings. The van der Waals surface area contributed by atoms with Crippen molar-refractivity contribution in [2.45, 2.75) is 33.2 Å². The van der Waals surface area contributed by atoms with E-state index in [4.69, 9.17) is 0 Å². The van der Waals surface area contributed by atoms with Crippen molar-refractivity contribution in [1.82, 2.24) is 24.5 Å². The molecule has 3 aromatic rings. The Morgan fingerprint density at radius 1 is 1.10 bits per heavy atom. The summed E-state index contributed by atoms with van der Waals surface area (Å²) in [7, 11) is 4.01. The summed E-state index contributed by atoms with van der Waals surface area (Å²) >= 11 is 0. The van der Waals surface area contributed by atoms with Gasteiger partial charge in [0.2, 0.25) is 0 Å². The molecule has 2 heterocycles. The summed E-state index contributed by atoms with van der Waals surface area (Å²) in [5.74, 6) is 0.660. The molecule has 0 spiro atoms. The third-order valence-electron chi connectivity index (χ3n) is 4.60.